The van der Waals surface area contributed by atoms with Gasteiger partial charge in [-0.05, 0) is 18.3 Å². The van der Waals surface area contributed by atoms with Gasteiger partial charge in [-0.3, -0.25) is 0 Å². The molecule has 0 radical (unpaired) electrons. The molecule has 84 valence electrons. The lowest BCUT2D eigenvalue weighted by Gasteiger charge is -2.05. The molecule has 1 saturated carbocycles. The maximum Gasteiger partial charge on any atom is 0.0965 e. The van der Waals surface area contributed by atoms with Crippen molar-refractivity contribution in [3.05, 3.63) is 16.1 Å². The minimum Gasteiger partial charge on any atom is -0.323 e. The van der Waals surface area contributed by atoms with E-state index in [4.69, 9.17) is 5.73 Å². The summed E-state index contributed by atoms with van der Waals surface area (Å²) in [5.41, 5.74) is 7.62. The van der Waals surface area contributed by atoms with Crippen LogP contribution in [0.5, 0.6) is 0 Å². The van der Waals surface area contributed by atoms with Crippen LogP contribution in [-0.2, 0) is 0 Å². The van der Waals surface area contributed by atoms with Crippen LogP contribution in [0.4, 0.5) is 0 Å². The normalized spacial score (nSPS) is 25.2. The van der Waals surface area contributed by atoms with E-state index in [-0.39, 0.29) is 6.04 Å². The van der Waals surface area contributed by atoms with Gasteiger partial charge in [-0.25, -0.2) is 4.98 Å². The van der Waals surface area contributed by atoms with Crippen molar-refractivity contribution in [2.75, 3.05) is 0 Å². The van der Waals surface area contributed by atoms with Crippen LogP contribution < -0.4 is 5.73 Å². The first-order chi connectivity index (χ1) is 7.04. The predicted molar refractivity (Wildman–Crippen MR) is 65.1 cm³/mol. The smallest absolute Gasteiger partial charge is 0.0965 e. The Morgan fingerprint density at radius 1 is 1.67 bits per heavy atom. The summed E-state index contributed by atoms with van der Waals surface area (Å²) in [5, 5.41) is 3.44. The Kier molecular flexibility index (Phi) is 2.86. The highest BCUT2D eigenvalue weighted by atomic mass is 32.1. The Labute approximate surface area is 95.9 Å². The summed E-state index contributed by atoms with van der Waals surface area (Å²) in [6, 6.07) is 0.141. The first-order valence-electron chi connectivity index (χ1n) is 5.75. The standard InChI is InChI=1S/C12H20N2S/c1-4-5-9(13)10-7-15-11(14-10)8-6-12(8,2)3/h7-9H,4-6,13H2,1-3H3. The van der Waals surface area contributed by atoms with Crippen LogP contribution >= 0.6 is 11.3 Å². The van der Waals surface area contributed by atoms with E-state index in [1.807, 2.05) is 0 Å². The van der Waals surface area contributed by atoms with E-state index in [1.165, 1.54) is 11.4 Å². The maximum atomic E-state index is 6.05. The fraction of sp³-hybridized carbons (Fsp3) is 0.750. The Morgan fingerprint density at radius 3 is 2.87 bits per heavy atom. The molecule has 2 atom stereocenters. The molecular weight excluding hydrogens is 204 g/mol. The number of nitrogens with zero attached hydrogens (tertiary/aromatic N) is 1. The Bertz CT molecular complexity index is 343. The van der Waals surface area contributed by atoms with E-state index in [1.54, 1.807) is 11.3 Å². The molecule has 1 heterocycles. The third-order valence-corrected chi connectivity index (χ3v) is 4.31. The predicted octanol–water partition coefficient (Wildman–Crippen LogP) is 3.46. The Morgan fingerprint density at radius 2 is 2.33 bits per heavy atom. The van der Waals surface area contributed by atoms with Crippen LogP contribution in [0.2, 0.25) is 0 Å². The number of hydrogen-bond acceptors (Lipinski definition) is 3. The summed E-state index contributed by atoms with van der Waals surface area (Å²) in [5.74, 6) is 0.685. The molecule has 1 aliphatic rings. The number of thiazole rings is 1. The summed E-state index contributed by atoms with van der Waals surface area (Å²) in [7, 11) is 0. The molecule has 0 spiro atoms. The second-order valence-electron chi connectivity index (χ2n) is 5.25. The van der Waals surface area contributed by atoms with E-state index in [2.05, 4.69) is 31.1 Å². The Hall–Kier alpha value is -0.410. The van der Waals surface area contributed by atoms with Gasteiger partial charge in [0.2, 0.25) is 0 Å². The van der Waals surface area contributed by atoms with Crippen LogP contribution in [0, 0.1) is 5.41 Å². The van der Waals surface area contributed by atoms with Crippen molar-refractivity contribution in [3.8, 4) is 0 Å². The van der Waals surface area contributed by atoms with E-state index in [9.17, 15) is 0 Å². The van der Waals surface area contributed by atoms with Crippen molar-refractivity contribution in [2.45, 2.75) is 52.0 Å². The molecule has 0 amide bonds. The molecule has 1 aromatic rings. The largest absolute Gasteiger partial charge is 0.323 e. The van der Waals surface area contributed by atoms with Gasteiger partial charge in [0.15, 0.2) is 0 Å². The van der Waals surface area contributed by atoms with Crippen LogP contribution in [-0.4, -0.2) is 4.98 Å². The molecule has 1 aromatic heterocycles. The van der Waals surface area contributed by atoms with Crippen molar-refractivity contribution in [3.63, 3.8) is 0 Å². The molecule has 2 nitrogen and oxygen atoms in total. The molecule has 1 fully saturated rings. The SMILES string of the molecule is CCCC(N)c1csc(C2CC2(C)C)n1. The summed E-state index contributed by atoms with van der Waals surface area (Å²) < 4.78 is 0. The van der Waals surface area contributed by atoms with E-state index in [0.717, 1.165) is 18.5 Å². The second-order valence-corrected chi connectivity index (χ2v) is 6.14. The zero-order valence-corrected chi connectivity index (χ0v) is 10.6. The topological polar surface area (TPSA) is 38.9 Å². The van der Waals surface area contributed by atoms with Crippen LogP contribution in [0.1, 0.15) is 62.7 Å². The average molecular weight is 224 g/mol. The highest BCUT2D eigenvalue weighted by molar-refractivity contribution is 7.09. The van der Waals surface area contributed by atoms with Gasteiger partial charge in [0.05, 0.1) is 10.7 Å². The molecule has 2 rings (SSSR count). The van der Waals surface area contributed by atoms with Crippen molar-refractivity contribution in [1.29, 1.82) is 0 Å². The zero-order chi connectivity index (χ0) is 11.1. The van der Waals surface area contributed by atoms with Gasteiger partial charge in [0, 0.05) is 17.3 Å². The number of hydrogen-bond donors (Lipinski definition) is 1. The number of nitrogens with two attached hydrogens (primary N) is 1. The first-order valence-corrected chi connectivity index (χ1v) is 6.63. The minimum absolute atomic E-state index is 0.141. The van der Waals surface area contributed by atoms with Gasteiger partial charge in [0.1, 0.15) is 0 Å². The second kappa shape index (κ2) is 3.87. The van der Waals surface area contributed by atoms with Crippen LogP contribution in [0.15, 0.2) is 5.38 Å². The molecule has 0 saturated heterocycles. The number of rotatable bonds is 4. The molecule has 3 heteroatoms. The van der Waals surface area contributed by atoms with Gasteiger partial charge in [-0.2, -0.15) is 0 Å². The third kappa shape index (κ3) is 2.23. The highest BCUT2D eigenvalue weighted by Crippen LogP contribution is 2.59. The van der Waals surface area contributed by atoms with Crippen LogP contribution in [0.3, 0.4) is 0 Å². The summed E-state index contributed by atoms with van der Waals surface area (Å²) in [6.45, 7) is 6.78. The van der Waals surface area contributed by atoms with Crippen molar-refractivity contribution >= 4 is 11.3 Å². The van der Waals surface area contributed by atoms with Gasteiger partial charge in [0.25, 0.3) is 0 Å². The first kappa shape index (κ1) is 11.1. The zero-order valence-electron chi connectivity index (χ0n) is 9.79. The molecule has 15 heavy (non-hydrogen) atoms. The fourth-order valence-corrected chi connectivity index (χ4v) is 3.17. The summed E-state index contributed by atoms with van der Waals surface area (Å²) in [4.78, 5) is 4.68. The molecule has 0 bridgehead atoms. The van der Waals surface area contributed by atoms with E-state index >= 15 is 0 Å². The lowest BCUT2D eigenvalue weighted by atomic mass is 10.1. The van der Waals surface area contributed by atoms with E-state index < -0.39 is 0 Å². The van der Waals surface area contributed by atoms with Crippen molar-refractivity contribution in [2.24, 2.45) is 11.1 Å². The van der Waals surface area contributed by atoms with Crippen molar-refractivity contribution < 1.29 is 0 Å². The minimum atomic E-state index is 0.141. The number of aromatic nitrogens is 1. The molecule has 0 aromatic carbocycles. The lowest BCUT2D eigenvalue weighted by molar-refractivity contribution is 0.607. The third-order valence-electron chi connectivity index (χ3n) is 3.33. The molecule has 2 N–H and O–H groups in total. The average Bonchev–Trinajstić information content (AvgIpc) is 2.66. The van der Waals surface area contributed by atoms with Gasteiger partial charge >= 0.3 is 0 Å². The summed E-state index contributed by atoms with van der Waals surface area (Å²) >= 11 is 1.79. The van der Waals surface area contributed by atoms with Crippen molar-refractivity contribution in [1.82, 2.24) is 4.98 Å². The molecule has 0 aliphatic heterocycles. The quantitative estimate of drug-likeness (QED) is 0.850. The van der Waals surface area contributed by atoms with Crippen LogP contribution in [0.25, 0.3) is 0 Å². The monoisotopic (exact) mass is 224 g/mol. The van der Waals surface area contributed by atoms with E-state index in [0.29, 0.717) is 11.3 Å². The fourth-order valence-electron chi connectivity index (χ4n) is 1.98. The molecular formula is C12H20N2S. The van der Waals surface area contributed by atoms with Gasteiger partial charge in [-0.1, -0.05) is 27.2 Å². The molecule has 1 aliphatic carbocycles. The Balaban J connectivity index is 2.05. The summed E-state index contributed by atoms with van der Waals surface area (Å²) in [6.07, 6.45) is 3.45. The van der Waals surface area contributed by atoms with Gasteiger partial charge in [-0.15, -0.1) is 11.3 Å². The molecule has 2 unspecified atom stereocenters. The van der Waals surface area contributed by atoms with Gasteiger partial charge < -0.3 is 5.73 Å². The lowest BCUT2D eigenvalue weighted by Crippen LogP contribution is -2.10. The highest BCUT2D eigenvalue weighted by Gasteiger charge is 2.48. The maximum absolute atomic E-state index is 6.05.